The van der Waals surface area contributed by atoms with Gasteiger partial charge in [0.05, 0.1) is 29.9 Å². The summed E-state index contributed by atoms with van der Waals surface area (Å²) in [6.45, 7) is 8.60. The summed E-state index contributed by atoms with van der Waals surface area (Å²) in [6, 6.07) is 2.73. The quantitative estimate of drug-likeness (QED) is 0.206. The first-order valence-electron chi connectivity index (χ1n) is 14.8. The molecular weight excluding hydrogens is 651 g/mol. The number of carbonyl (C=O) groups is 2. The highest BCUT2D eigenvalue weighted by molar-refractivity contribution is 14.1. The molecule has 9 nitrogen and oxygen atoms in total. The van der Waals surface area contributed by atoms with Gasteiger partial charge in [0.2, 0.25) is 11.8 Å². The second kappa shape index (κ2) is 13.7. The van der Waals surface area contributed by atoms with Crippen molar-refractivity contribution in [2.45, 2.75) is 78.2 Å². The molecule has 4 aliphatic rings. The van der Waals surface area contributed by atoms with E-state index in [1.807, 2.05) is 13.8 Å². The third-order valence-electron chi connectivity index (χ3n) is 9.47. The van der Waals surface area contributed by atoms with Crippen molar-refractivity contribution in [3.63, 3.8) is 0 Å². The topological polar surface area (TPSA) is 129 Å². The van der Waals surface area contributed by atoms with Gasteiger partial charge < -0.3 is 35.0 Å². The van der Waals surface area contributed by atoms with E-state index in [2.05, 4.69) is 41.8 Å². The van der Waals surface area contributed by atoms with Crippen molar-refractivity contribution < 1.29 is 34.4 Å². The molecule has 0 heterocycles. The summed E-state index contributed by atoms with van der Waals surface area (Å²) in [7, 11) is 1.50. The van der Waals surface area contributed by atoms with Gasteiger partial charge in [0.25, 0.3) is 0 Å². The first-order chi connectivity index (χ1) is 19.9. The van der Waals surface area contributed by atoms with Gasteiger partial charge in [-0.1, -0.05) is 19.4 Å². The normalized spacial score (nSPS) is 27.7. The summed E-state index contributed by atoms with van der Waals surface area (Å²) in [5, 5.41) is 33.5. The molecule has 0 unspecified atom stereocenters. The first kappa shape index (κ1) is 32.8. The highest BCUT2D eigenvalue weighted by Crippen LogP contribution is 2.61. The Labute approximate surface area is 262 Å². The van der Waals surface area contributed by atoms with E-state index in [0.29, 0.717) is 44.6 Å². The van der Waals surface area contributed by atoms with Crippen molar-refractivity contribution in [2.24, 2.45) is 23.2 Å². The molecular formula is C32H45IN2O7. The van der Waals surface area contributed by atoms with Gasteiger partial charge in [-0.05, 0) is 103 Å². The molecule has 5 rings (SSSR count). The molecule has 1 aromatic carbocycles. The fourth-order valence-corrected chi connectivity index (χ4v) is 7.84. The van der Waals surface area contributed by atoms with Crippen LogP contribution in [0.15, 0.2) is 35.4 Å². The van der Waals surface area contributed by atoms with Crippen LogP contribution in [0.5, 0.6) is 11.5 Å². The van der Waals surface area contributed by atoms with E-state index in [1.165, 1.54) is 7.11 Å². The van der Waals surface area contributed by atoms with Crippen LogP contribution in [-0.2, 0) is 16.2 Å². The van der Waals surface area contributed by atoms with Gasteiger partial charge >= 0.3 is 0 Å². The zero-order valence-electron chi connectivity index (χ0n) is 25.2. The molecule has 3 saturated carbocycles. The summed E-state index contributed by atoms with van der Waals surface area (Å²) in [5.41, 5.74) is 2.12. The number of hydrogen-bond acceptors (Lipinski definition) is 7. The first-order valence-corrected chi connectivity index (χ1v) is 15.9. The third-order valence-corrected chi connectivity index (χ3v) is 10.3. The maximum atomic E-state index is 13.8. The average molecular weight is 697 g/mol. The average Bonchev–Trinajstić information content (AvgIpc) is 2.95. The van der Waals surface area contributed by atoms with E-state index in [4.69, 9.17) is 9.47 Å². The number of aliphatic hydroxyl groups is 3. The molecule has 2 bridgehead atoms. The SMILES string of the molecule is COc1cc(CO)cc(I)c1O[C@H]1C=C(C(=O)NCCO)C[C@@H](N(C[C@@H]2CC[C@H]3C[C@@H]2C3(C)C)C(=O)C=C(C)C)[C@@H]1O. The van der Waals surface area contributed by atoms with Crippen molar-refractivity contribution >= 4 is 34.4 Å². The fraction of sp³-hybridized carbons (Fsp3) is 0.625. The van der Waals surface area contributed by atoms with Crippen molar-refractivity contribution in [2.75, 3.05) is 26.8 Å². The number of hydrogen-bond donors (Lipinski definition) is 4. The van der Waals surface area contributed by atoms with E-state index in [0.717, 1.165) is 30.8 Å². The fourth-order valence-electron chi connectivity index (χ4n) is 7.05. The lowest BCUT2D eigenvalue weighted by atomic mass is 9.45. The van der Waals surface area contributed by atoms with Crippen LogP contribution < -0.4 is 14.8 Å². The number of aliphatic hydroxyl groups excluding tert-OH is 3. The van der Waals surface area contributed by atoms with Crippen LogP contribution in [0.25, 0.3) is 0 Å². The molecule has 0 saturated heterocycles. The maximum absolute atomic E-state index is 13.8. The number of nitrogens with zero attached hydrogens (tertiary/aromatic N) is 1. The molecule has 232 valence electrons. The molecule has 3 fully saturated rings. The maximum Gasteiger partial charge on any atom is 0.247 e. The minimum absolute atomic E-state index is 0.0870. The zero-order chi connectivity index (χ0) is 30.8. The lowest BCUT2D eigenvalue weighted by Gasteiger charge is -2.61. The second-order valence-electron chi connectivity index (χ2n) is 12.7. The number of ether oxygens (including phenoxy) is 2. The number of halogens is 1. The van der Waals surface area contributed by atoms with Crippen molar-refractivity contribution in [1.29, 1.82) is 0 Å². The Morgan fingerprint density at radius 3 is 2.55 bits per heavy atom. The summed E-state index contributed by atoms with van der Waals surface area (Å²) in [6.07, 6.45) is 4.61. The molecule has 0 aromatic heterocycles. The van der Waals surface area contributed by atoms with Gasteiger partial charge in [0, 0.05) is 31.2 Å². The molecule has 4 aliphatic carbocycles. The molecule has 0 radical (unpaired) electrons. The Morgan fingerprint density at radius 1 is 1.21 bits per heavy atom. The highest BCUT2D eigenvalue weighted by atomic mass is 127. The number of nitrogens with one attached hydrogen (secondary N) is 1. The van der Waals surface area contributed by atoms with Gasteiger partial charge in [-0.3, -0.25) is 9.59 Å². The second-order valence-corrected chi connectivity index (χ2v) is 13.9. The summed E-state index contributed by atoms with van der Waals surface area (Å²) >= 11 is 2.09. The Kier molecular flexibility index (Phi) is 10.6. The Balaban J connectivity index is 1.71. The van der Waals surface area contributed by atoms with Crippen molar-refractivity contribution in [3.05, 3.63) is 44.6 Å². The Hall–Kier alpha value is -2.15. The number of amides is 2. The summed E-state index contributed by atoms with van der Waals surface area (Å²) < 4.78 is 12.6. The molecule has 6 atom stereocenters. The largest absolute Gasteiger partial charge is 0.493 e. The van der Waals surface area contributed by atoms with Gasteiger partial charge in [0.15, 0.2) is 11.5 Å². The van der Waals surface area contributed by atoms with E-state index in [-0.39, 0.29) is 43.4 Å². The Morgan fingerprint density at radius 2 is 1.95 bits per heavy atom. The van der Waals surface area contributed by atoms with Gasteiger partial charge in [-0.2, -0.15) is 0 Å². The van der Waals surface area contributed by atoms with Crippen LogP contribution in [0.3, 0.4) is 0 Å². The minimum Gasteiger partial charge on any atom is -0.493 e. The third kappa shape index (κ3) is 6.81. The number of rotatable bonds is 11. The van der Waals surface area contributed by atoms with Crippen molar-refractivity contribution in [3.8, 4) is 11.5 Å². The van der Waals surface area contributed by atoms with E-state index in [9.17, 15) is 24.9 Å². The van der Waals surface area contributed by atoms with Gasteiger partial charge in [-0.15, -0.1) is 0 Å². The summed E-state index contributed by atoms with van der Waals surface area (Å²) in [5.74, 6) is 1.73. The molecule has 10 heteroatoms. The summed E-state index contributed by atoms with van der Waals surface area (Å²) in [4.78, 5) is 28.7. The van der Waals surface area contributed by atoms with E-state index < -0.39 is 18.2 Å². The van der Waals surface area contributed by atoms with Crippen LogP contribution in [-0.4, -0.2) is 77.1 Å². The van der Waals surface area contributed by atoms with Gasteiger partial charge in [-0.25, -0.2) is 0 Å². The van der Waals surface area contributed by atoms with E-state index >= 15 is 0 Å². The predicted octanol–water partition coefficient (Wildman–Crippen LogP) is 3.57. The molecule has 42 heavy (non-hydrogen) atoms. The van der Waals surface area contributed by atoms with Crippen molar-refractivity contribution in [1.82, 2.24) is 10.2 Å². The number of carbonyl (C=O) groups excluding carboxylic acids is 2. The highest BCUT2D eigenvalue weighted by Gasteiger charge is 2.55. The minimum atomic E-state index is -1.13. The molecule has 1 aromatic rings. The predicted molar refractivity (Wildman–Crippen MR) is 168 cm³/mol. The van der Waals surface area contributed by atoms with Crippen LogP contribution in [0.1, 0.15) is 58.9 Å². The molecule has 0 spiro atoms. The smallest absolute Gasteiger partial charge is 0.247 e. The molecule has 0 aliphatic heterocycles. The lowest BCUT2D eigenvalue weighted by Crippen LogP contribution is -2.59. The standard InChI is InChI=1S/C32H45IN2O7/c1-18(2)10-28(38)35(16-20-6-7-22-15-23(20)32(22,3)4)25-13-21(31(40)34-8-9-36)14-26(29(25)39)42-30-24(33)11-19(17-37)12-27(30)41-5/h10-12,14,20,22-23,25-26,29,36-37,39H,6-9,13,15-17H2,1-5H3,(H,34,40)/t20-,22-,23-,25+,26-,29-/m0/s1. The van der Waals surface area contributed by atoms with Crippen LogP contribution in [0.2, 0.25) is 0 Å². The number of fused-ring (bicyclic) bond motifs is 2. The van der Waals surface area contributed by atoms with Gasteiger partial charge in [0.1, 0.15) is 12.2 Å². The zero-order valence-corrected chi connectivity index (χ0v) is 27.4. The number of methoxy groups -OCH3 is 1. The van der Waals surface area contributed by atoms with Crippen LogP contribution in [0, 0.1) is 26.7 Å². The van der Waals surface area contributed by atoms with E-state index in [1.54, 1.807) is 29.2 Å². The number of benzene rings is 1. The number of allylic oxidation sites excluding steroid dienone is 1. The lowest BCUT2D eigenvalue weighted by molar-refractivity contribution is -0.143. The van der Waals surface area contributed by atoms with Crippen LogP contribution in [0.4, 0.5) is 0 Å². The monoisotopic (exact) mass is 696 g/mol. The Bertz CT molecular complexity index is 1220. The molecule has 2 amide bonds. The molecule has 4 N–H and O–H groups in total. The van der Waals surface area contributed by atoms with Crippen LogP contribution >= 0.6 is 22.6 Å².